The van der Waals surface area contributed by atoms with Gasteiger partial charge in [0.1, 0.15) is 11.6 Å². The lowest BCUT2D eigenvalue weighted by Gasteiger charge is -2.08. The fraction of sp³-hybridized carbons (Fsp3) is 0.0500. The molecule has 0 spiro atoms. The van der Waals surface area contributed by atoms with E-state index in [4.69, 9.17) is 0 Å². The monoisotopic (exact) mass is 365 g/mol. The SMILES string of the molecule is COC(=O)c1ccc(Nc2ccc(NC(=O)c3cccc(F)c3)cn2)cc1. The molecule has 2 aromatic carbocycles. The van der Waals surface area contributed by atoms with Crippen molar-refractivity contribution in [1.29, 1.82) is 0 Å². The van der Waals surface area contributed by atoms with Crippen LogP contribution < -0.4 is 10.6 Å². The van der Waals surface area contributed by atoms with Crippen LogP contribution in [0.15, 0.2) is 66.9 Å². The van der Waals surface area contributed by atoms with Crippen molar-refractivity contribution in [2.75, 3.05) is 17.7 Å². The topological polar surface area (TPSA) is 80.3 Å². The van der Waals surface area contributed by atoms with E-state index in [0.717, 1.165) is 11.8 Å². The van der Waals surface area contributed by atoms with Crippen LogP contribution in [0.2, 0.25) is 0 Å². The van der Waals surface area contributed by atoms with Crippen molar-refractivity contribution in [2.45, 2.75) is 0 Å². The van der Waals surface area contributed by atoms with Gasteiger partial charge in [-0.2, -0.15) is 0 Å². The molecule has 1 heterocycles. The highest BCUT2D eigenvalue weighted by Crippen LogP contribution is 2.18. The number of carbonyl (C=O) groups excluding carboxylic acids is 2. The molecule has 1 aromatic heterocycles. The van der Waals surface area contributed by atoms with E-state index < -0.39 is 17.7 Å². The summed E-state index contributed by atoms with van der Waals surface area (Å²) < 4.78 is 17.8. The minimum Gasteiger partial charge on any atom is -0.465 e. The van der Waals surface area contributed by atoms with E-state index in [-0.39, 0.29) is 5.56 Å². The highest BCUT2D eigenvalue weighted by Gasteiger charge is 2.08. The summed E-state index contributed by atoms with van der Waals surface area (Å²) in [7, 11) is 1.33. The number of anilines is 3. The molecule has 0 aliphatic carbocycles. The molecule has 0 saturated heterocycles. The Labute approximate surface area is 155 Å². The molecule has 0 aliphatic heterocycles. The smallest absolute Gasteiger partial charge is 0.337 e. The molecular formula is C20H16FN3O3. The van der Waals surface area contributed by atoms with E-state index >= 15 is 0 Å². The quantitative estimate of drug-likeness (QED) is 0.668. The van der Waals surface area contributed by atoms with Gasteiger partial charge in [0.25, 0.3) is 5.91 Å². The van der Waals surface area contributed by atoms with Crippen molar-refractivity contribution in [3.63, 3.8) is 0 Å². The fourth-order valence-electron chi connectivity index (χ4n) is 2.33. The number of ether oxygens (including phenoxy) is 1. The Kier molecular flexibility index (Phi) is 5.41. The minimum absolute atomic E-state index is 0.225. The van der Waals surface area contributed by atoms with Crippen LogP contribution in [0.3, 0.4) is 0 Å². The summed E-state index contributed by atoms with van der Waals surface area (Å²) in [4.78, 5) is 27.7. The van der Waals surface area contributed by atoms with E-state index in [9.17, 15) is 14.0 Å². The van der Waals surface area contributed by atoms with Crippen molar-refractivity contribution < 1.29 is 18.7 Å². The van der Waals surface area contributed by atoms with Gasteiger partial charge in [0.2, 0.25) is 0 Å². The average molecular weight is 365 g/mol. The average Bonchev–Trinajstić information content (AvgIpc) is 2.69. The van der Waals surface area contributed by atoms with Crippen LogP contribution >= 0.6 is 0 Å². The summed E-state index contributed by atoms with van der Waals surface area (Å²) in [5.41, 5.74) is 1.90. The third-order valence-corrected chi connectivity index (χ3v) is 3.69. The second-order valence-electron chi connectivity index (χ2n) is 5.59. The van der Waals surface area contributed by atoms with E-state index in [1.54, 1.807) is 36.4 Å². The Morgan fingerprint density at radius 3 is 2.33 bits per heavy atom. The summed E-state index contributed by atoms with van der Waals surface area (Å²) in [5.74, 6) is -0.739. The molecule has 0 aliphatic rings. The van der Waals surface area contributed by atoms with Crippen molar-refractivity contribution in [2.24, 2.45) is 0 Å². The molecule has 0 fully saturated rings. The zero-order valence-electron chi connectivity index (χ0n) is 14.4. The molecule has 2 N–H and O–H groups in total. The second-order valence-corrected chi connectivity index (χ2v) is 5.59. The number of aromatic nitrogens is 1. The maximum atomic E-state index is 13.2. The van der Waals surface area contributed by atoms with E-state index in [1.807, 2.05) is 0 Å². The largest absolute Gasteiger partial charge is 0.465 e. The number of methoxy groups -OCH3 is 1. The third kappa shape index (κ3) is 4.66. The first-order valence-corrected chi connectivity index (χ1v) is 8.03. The standard InChI is InChI=1S/C20H16FN3O3/c1-27-20(26)13-5-7-16(8-6-13)23-18-10-9-17(12-22-18)24-19(25)14-3-2-4-15(21)11-14/h2-12H,1H3,(H,22,23)(H,24,25). The molecule has 3 aromatic rings. The molecule has 1 amide bonds. The van der Waals surface area contributed by atoms with Gasteiger partial charge in [-0.3, -0.25) is 4.79 Å². The summed E-state index contributed by atoms with van der Waals surface area (Å²) in [6, 6.07) is 15.5. The number of halogens is 1. The molecule has 0 saturated carbocycles. The number of benzene rings is 2. The zero-order valence-corrected chi connectivity index (χ0v) is 14.4. The minimum atomic E-state index is -0.474. The van der Waals surface area contributed by atoms with E-state index in [1.165, 1.54) is 31.5 Å². The highest BCUT2D eigenvalue weighted by molar-refractivity contribution is 6.04. The third-order valence-electron chi connectivity index (χ3n) is 3.69. The molecule has 136 valence electrons. The first-order valence-electron chi connectivity index (χ1n) is 8.03. The van der Waals surface area contributed by atoms with Crippen LogP contribution in [-0.2, 0) is 4.74 Å². The van der Waals surface area contributed by atoms with E-state index in [0.29, 0.717) is 17.1 Å². The highest BCUT2D eigenvalue weighted by atomic mass is 19.1. The van der Waals surface area contributed by atoms with Crippen molar-refractivity contribution in [1.82, 2.24) is 4.98 Å². The number of hydrogen-bond acceptors (Lipinski definition) is 5. The second kappa shape index (κ2) is 8.09. The van der Waals surface area contributed by atoms with Crippen LogP contribution in [-0.4, -0.2) is 24.0 Å². The lowest BCUT2D eigenvalue weighted by molar-refractivity contribution is 0.0600. The first-order chi connectivity index (χ1) is 13.0. The van der Waals surface area contributed by atoms with E-state index in [2.05, 4.69) is 20.4 Å². The maximum Gasteiger partial charge on any atom is 0.337 e. The Morgan fingerprint density at radius 2 is 1.70 bits per heavy atom. The molecule has 3 rings (SSSR count). The summed E-state index contributed by atoms with van der Waals surface area (Å²) in [6.45, 7) is 0. The Balaban J connectivity index is 1.63. The molecule has 27 heavy (non-hydrogen) atoms. The van der Waals surface area contributed by atoms with Gasteiger partial charge in [0, 0.05) is 11.3 Å². The van der Waals surface area contributed by atoms with Gasteiger partial charge in [-0.05, 0) is 54.6 Å². The summed E-state index contributed by atoms with van der Waals surface area (Å²) in [5, 5.41) is 5.74. The van der Waals surface area contributed by atoms with Crippen molar-refractivity contribution in [3.8, 4) is 0 Å². The number of nitrogens with zero attached hydrogens (tertiary/aromatic N) is 1. The van der Waals surface area contributed by atoms with Crippen molar-refractivity contribution >= 4 is 29.1 Å². The van der Waals surface area contributed by atoms with Gasteiger partial charge in [0.05, 0.1) is 24.6 Å². The summed E-state index contributed by atoms with van der Waals surface area (Å²) in [6.07, 6.45) is 1.49. The van der Waals surface area contributed by atoms with Crippen LogP contribution in [0.1, 0.15) is 20.7 Å². The first kappa shape index (κ1) is 18.1. The van der Waals surface area contributed by atoms with Gasteiger partial charge in [-0.1, -0.05) is 6.07 Å². The molecule has 7 heteroatoms. The number of hydrogen-bond donors (Lipinski definition) is 2. The van der Waals surface area contributed by atoms with Gasteiger partial charge in [0.15, 0.2) is 0 Å². The lowest BCUT2D eigenvalue weighted by Crippen LogP contribution is -2.12. The Bertz CT molecular complexity index is 957. The molecule has 0 bridgehead atoms. The Hall–Kier alpha value is -3.74. The van der Waals surface area contributed by atoms with Gasteiger partial charge in [-0.15, -0.1) is 0 Å². The van der Waals surface area contributed by atoms with Crippen LogP contribution in [0.4, 0.5) is 21.6 Å². The van der Waals surface area contributed by atoms with Crippen LogP contribution in [0.25, 0.3) is 0 Å². The normalized spacial score (nSPS) is 10.1. The van der Waals surface area contributed by atoms with Crippen molar-refractivity contribution in [3.05, 3.63) is 83.8 Å². The molecule has 0 unspecified atom stereocenters. The zero-order chi connectivity index (χ0) is 19.2. The number of amides is 1. The molecular weight excluding hydrogens is 349 g/mol. The number of rotatable bonds is 5. The van der Waals surface area contributed by atoms with Gasteiger partial charge >= 0.3 is 5.97 Å². The Morgan fingerprint density at radius 1 is 0.963 bits per heavy atom. The molecule has 0 atom stereocenters. The fourth-order valence-corrected chi connectivity index (χ4v) is 2.33. The van der Waals surface area contributed by atoms with Gasteiger partial charge in [-0.25, -0.2) is 14.2 Å². The predicted molar refractivity (Wildman–Crippen MR) is 99.7 cm³/mol. The van der Waals surface area contributed by atoms with Crippen LogP contribution in [0.5, 0.6) is 0 Å². The number of nitrogens with one attached hydrogen (secondary N) is 2. The van der Waals surface area contributed by atoms with Crippen LogP contribution in [0, 0.1) is 5.82 Å². The number of esters is 1. The molecule has 0 radical (unpaired) electrons. The summed E-state index contributed by atoms with van der Waals surface area (Å²) >= 11 is 0. The van der Waals surface area contributed by atoms with Gasteiger partial charge < -0.3 is 15.4 Å². The lowest BCUT2D eigenvalue weighted by atomic mass is 10.2. The molecule has 6 nitrogen and oxygen atoms in total. The predicted octanol–water partition coefficient (Wildman–Crippen LogP) is 4.00. The number of pyridine rings is 1. The number of carbonyl (C=O) groups is 2. The maximum absolute atomic E-state index is 13.2.